The van der Waals surface area contributed by atoms with Crippen molar-refractivity contribution in [2.24, 2.45) is 5.92 Å². The smallest absolute Gasteiger partial charge is 0.225 e. The standard InChI is InChI=1S/C19H20ClFN2O.ClH/c1-12-10-13(6-7-17(12)21)18(15-4-2-3-5-16(15)20)23-19(24)14-8-9-22-11-14;/h2-7,10,14,18,22H,8-9,11H2,1H3,(H,23,24);1H. The molecule has 2 aromatic rings. The minimum atomic E-state index is -0.397. The van der Waals surface area contributed by atoms with E-state index in [0.29, 0.717) is 17.1 Å². The minimum absolute atomic E-state index is 0. The molecule has 0 aromatic heterocycles. The summed E-state index contributed by atoms with van der Waals surface area (Å²) in [6.07, 6.45) is 0.823. The highest BCUT2D eigenvalue weighted by atomic mass is 35.5. The Labute approximate surface area is 158 Å². The number of hydrogen-bond acceptors (Lipinski definition) is 2. The zero-order valence-electron chi connectivity index (χ0n) is 13.9. The van der Waals surface area contributed by atoms with Crippen LogP contribution < -0.4 is 10.6 Å². The van der Waals surface area contributed by atoms with Crippen molar-refractivity contribution >= 4 is 29.9 Å². The number of aryl methyl sites for hydroxylation is 1. The lowest BCUT2D eigenvalue weighted by Crippen LogP contribution is -2.35. The number of halogens is 3. The molecule has 1 aliphatic rings. The van der Waals surface area contributed by atoms with Gasteiger partial charge in [-0.3, -0.25) is 4.79 Å². The molecule has 0 saturated carbocycles. The van der Waals surface area contributed by atoms with Crippen LogP contribution in [0.1, 0.15) is 29.2 Å². The second-order valence-corrected chi connectivity index (χ2v) is 6.57. The molecule has 2 unspecified atom stereocenters. The first-order valence-electron chi connectivity index (χ1n) is 8.08. The summed E-state index contributed by atoms with van der Waals surface area (Å²) in [5, 5.41) is 6.87. The highest BCUT2D eigenvalue weighted by Crippen LogP contribution is 2.29. The number of benzene rings is 2. The molecule has 0 bridgehead atoms. The molecule has 1 heterocycles. The fraction of sp³-hybridized carbons (Fsp3) is 0.316. The zero-order valence-corrected chi connectivity index (χ0v) is 15.5. The average molecular weight is 383 g/mol. The van der Waals surface area contributed by atoms with Gasteiger partial charge in [-0.2, -0.15) is 0 Å². The lowest BCUT2D eigenvalue weighted by atomic mass is 9.96. The first-order chi connectivity index (χ1) is 11.6. The first-order valence-corrected chi connectivity index (χ1v) is 8.45. The molecule has 134 valence electrons. The molecule has 3 rings (SSSR count). The molecule has 1 aliphatic heterocycles. The summed E-state index contributed by atoms with van der Waals surface area (Å²) < 4.78 is 13.6. The van der Waals surface area contributed by atoms with E-state index in [0.717, 1.165) is 24.1 Å². The molecule has 2 atom stereocenters. The lowest BCUT2D eigenvalue weighted by Gasteiger charge is -2.23. The molecule has 0 radical (unpaired) electrons. The fourth-order valence-electron chi connectivity index (χ4n) is 3.04. The predicted octanol–water partition coefficient (Wildman–Crippen LogP) is 4.02. The number of hydrogen-bond donors (Lipinski definition) is 2. The van der Waals surface area contributed by atoms with Crippen molar-refractivity contribution in [2.75, 3.05) is 13.1 Å². The minimum Gasteiger partial charge on any atom is -0.345 e. The van der Waals surface area contributed by atoms with Crippen LogP contribution in [0.2, 0.25) is 5.02 Å². The van der Waals surface area contributed by atoms with E-state index in [4.69, 9.17) is 11.6 Å². The van der Waals surface area contributed by atoms with E-state index in [1.807, 2.05) is 18.2 Å². The van der Waals surface area contributed by atoms with Gasteiger partial charge in [-0.25, -0.2) is 4.39 Å². The Morgan fingerprint density at radius 1 is 1.32 bits per heavy atom. The van der Waals surface area contributed by atoms with Gasteiger partial charge in [-0.15, -0.1) is 12.4 Å². The maximum atomic E-state index is 13.6. The van der Waals surface area contributed by atoms with Crippen molar-refractivity contribution < 1.29 is 9.18 Å². The van der Waals surface area contributed by atoms with Crippen LogP contribution in [0.15, 0.2) is 42.5 Å². The van der Waals surface area contributed by atoms with Crippen LogP contribution in [0.4, 0.5) is 4.39 Å². The van der Waals surface area contributed by atoms with Crippen molar-refractivity contribution in [3.8, 4) is 0 Å². The highest BCUT2D eigenvalue weighted by Gasteiger charge is 2.26. The molecule has 2 aromatic carbocycles. The Hall–Kier alpha value is -1.62. The topological polar surface area (TPSA) is 41.1 Å². The summed E-state index contributed by atoms with van der Waals surface area (Å²) in [6, 6.07) is 11.9. The third-order valence-electron chi connectivity index (χ3n) is 4.45. The Morgan fingerprint density at radius 3 is 2.72 bits per heavy atom. The predicted molar refractivity (Wildman–Crippen MR) is 101 cm³/mol. The molecule has 6 heteroatoms. The monoisotopic (exact) mass is 382 g/mol. The van der Waals surface area contributed by atoms with Crippen LogP contribution >= 0.6 is 24.0 Å². The number of carbonyl (C=O) groups is 1. The van der Waals surface area contributed by atoms with E-state index >= 15 is 0 Å². The van der Waals surface area contributed by atoms with E-state index in [9.17, 15) is 9.18 Å². The van der Waals surface area contributed by atoms with Crippen molar-refractivity contribution in [1.29, 1.82) is 0 Å². The average Bonchev–Trinajstić information content (AvgIpc) is 3.11. The quantitative estimate of drug-likeness (QED) is 0.837. The summed E-state index contributed by atoms with van der Waals surface area (Å²) in [4.78, 5) is 12.6. The molecule has 3 nitrogen and oxygen atoms in total. The van der Waals surface area contributed by atoms with Gasteiger partial charge in [0.1, 0.15) is 5.82 Å². The maximum absolute atomic E-state index is 13.6. The number of amides is 1. The highest BCUT2D eigenvalue weighted by molar-refractivity contribution is 6.31. The summed E-state index contributed by atoms with van der Waals surface area (Å²) in [6.45, 7) is 3.25. The Morgan fingerprint density at radius 2 is 2.08 bits per heavy atom. The van der Waals surface area contributed by atoms with Crippen molar-refractivity contribution in [3.05, 3.63) is 70.0 Å². The van der Waals surface area contributed by atoms with Crippen LogP contribution in [0, 0.1) is 18.7 Å². The van der Waals surface area contributed by atoms with Gasteiger partial charge in [0.05, 0.1) is 12.0 Å². The van der Waals surface area contributed by atoms with E-state index in [2.05, 4.69) is 10.6 Å². The Balaban J connectivity index is 0.00000225. The molecule has 1 saturated heterocycles. The second kappa shape index (κ2) is 8.65. The van der Waals surface area contributed by atoms with E-state index in [-0.39, 0.29) is 30.0 Å². The lowest BCUT2D eigenvalue weighted by molar-refractivity contribution is -0.124. The molecular formula is C19H21Cl2FN2O. The molecular weight excluding hydrogens is 362 g/mol. The molecule has 1 amide bonds. The Kier molecular flexibility index (Phi) is 6.82. The summed E-state index contributed by atoms with van der Waals surface area (Å²) >= 11 is 6.35. The van der Waals surface area contributed by atoms with Gasteiger partial charge >= 0.3 is 0 Å². The first kappa shape index (κ1) is 19.7. The van der Waals surface area contributed by atoms with Gasteiger partial charge in [0.25, 0.3) is 0 Å². The summed E-state index contributed by atoms with van der Waals surface area (Å²) in [5.74, 6) is -0.314. The van der Waals surface area contributed by atoms with Gasteiger partial charge < -0.3 is 10.6 Å². The van der Waals surface area contributed by atoms with Gasteiger partial charge in [0.2, 0.25) is 5.91 Å². The fourth-order valence-corrected chi connectivity index (χ4v) is 3.28. The van der Waals surface area contributed by atoms with E-state index < -0.39 is 6.04 Å². The largest absolute Gasteiger partial charge is 0.345 e. The SMILES string of the molecule is Cc1cc(C(NC(=O)C2CCNC2)c2ccccc2Cl)ccc1F.Cl. The van der Waals surface area contributed by atoms with Gasteiger partial charge in [-0.05, 0) is 48.7 Å². The van der Waals surface area contributed by atoms with Crippen LogP contribution in [-0.4, -0.2) is 19.0 Å². The van der Waals surface area contributed by atoms with Crippen molar-refractivity contribution in [3.63, 3.8) is 0 Å². The van der Waals surface area contributed by atoms with Crippen LogP contribution in [0.3, 0.4) is 0 Å². The van der Waals surface area contributed by atoms with Crippen LogP contribution in [-0.2, 0) is 4.79 Å². The zero-order chi connectivity index (χ0) is 17.1. The third kappa shape index (κ3) is 4.51. The molecule has 25 heavy (non-hydrogen) atoms. The van der Waals surface area contributed by atoms with Crippen LogP contribution in [0.25, 0.3) is 0 Å². The number of carbonyl (C=O) groups excluding carboxylic acids is 1. The third-order valence-corrected chi connectivity index (χ3v) is 4.79. The number of rotatable bonds is 4. The van der Waals surface area contributed by atoms with E-state index in [1.54, 1.807) is 25.1 Å². The van der Waals surface area contributed by atoms with Gasteiger partial charge in [-0.1, -0.05) is 41.9 Å². The normalized spacial score (nSPS) is 17.6. The molecule has 1 fully saturated rings. The van der Waals surface area contributed by atoms with E-state index in [1.165, 1.54) is 6.07 Å². The summed E-state index contributed by atoms with van der Waals surface area (Å²) in [7, 11) is 0. The molecule has 0 aliphatic carbocycles. The van der Waals surface area contributed by atoms with Gasteiger partial charge in [0, 0.05) is 11.6 Å². The maximum Gasteiger partial charge on any atom is 0.225 e. The summed E-state index contributed by atoms with van der Waals surface area (Å²) in [5.41, 5.74) is 2.17. The van der Waals surface area contributed by atoms with Crippen molar-refractivity contribution in [2.45, 2.75) is 19.4 Å². The van der Waals surface area contributed by atoms with Gasteiger partial charge in [0.15, 0.2) is 0 Å². The number of nitrogens with one attached hydrogen (secondary N) is 2. The van der Waals surface area contributed by atoms with Crippen LogP contribution in [0.5, 0.6) is 0 Å². The second-order valence-electron chi connectivity index (χ2n) is 6.16. The molecule has 0 spiro atoms. The Bertz CT molecular complexity index is 748. The van der Waals surface area contributed by atoms with Crippen molar-refractivity contribution in [1.82, 2.24) is 10.6 Å². The molecule has 2 N–H and O–H groups in total.